The number of rotatable bonds is 19. The molecule has 0 amide bonds. The summed E-state index contributed by atoms with van der Waals surface area (Å²) in [6.45, 7) is 0. The van der Waals surface area contributed by atoms with Gasteiger partial charge in [0, 0.05) is 74.7 Å². The van der Waals surface area contributed by atoms with E-state index in [0.29, 0.717) is 0 Å². The summed E-state index contributed by atoms with van der Waals surface area (Å²) in [5, 5.41) is 22.6. The van der Waals surface area contributed by atoms with E-state index in [9.17, 15) is 0 Å². The van der Waals surface area contributed by atoms with Crippen molar-refractivity contribution in [1.82, 2.24) is 4.98 Å². The lowest BCUT2D eigenvalue weighted by atomic mass is 9.67. The van der Waals surface area contributed by atoms with Gasteiger partial charge in [0.05, 0.1) is 5.41 Å². The Morgan fingerprint density at radius 1 is 0.157 bits per heavy atom. The number of pyridine rings is 1. The van der Waals surface area contributed by atoms with Gasteiger partial charge in [-0.2, -0.15) is 0 Å². The van der Waals surface area contributed by atoms with Crippen LogP contribution in [-0.4, -0.2) is 4.98 Å². The highest BCUT2D eigenvalue weighted by molar-refractivity contribution is 5.98. The molecule has 6 nitrogen and oxygen atoms in total. The van der Waals surface area contributed by atoms with Crippen molar-refractivity contribution >= 4 is 78.4 Å². The average Bonchev–Trinajstić information content (AvgIpc) is 1.53. The molecule has 1 aliphatic rings. The molecule has 1 aromatic heterocycles. The Hall–Kier alpha value is -17.7. The second-order valence-electron chi connectivity index (χ2n) is 32.9. The summed E-state index contributed by atoms with van der Waals surface area (Å²) in [4.78, 5) is 4.17. The Morgan fingerprint density at radius 2 is 0.425 bits per heavy atom. The first-order valence-corrected chi connectivity index (χ1v) is 45.5. The monoisotopic (exact) mass is 1720 g/mol. The van der Waals surface area contributed by atoms with Crippen LogP contribution in [0.5, 0.6) is 0 Å². The van der Waals surface area contributed by atoms with Crippen molar-refractivity contribution in [2.75, 3.05) is 26.6 Å². The Kier molecular flexibility index (Phi) is 26.9. The Morgan fingerprint density at radius 3 is 0.828 bits per heavy atom. The molecule has 0 aliphatic heterocycles. The van der Waals surface area contributed by atoms with Crippen LogP contribution in [0.2, 0.25) is 0 Å². The summed E-state index contributed by atoms with van der Waals surface area (Å²) >= 11 is 0. The Balaban J connectivity index is 0.000000109. The molecule has 134 heavy (non-hydrogen) atoms. The Bertz CT molecular complexity index is 7120. The molecule has 0 unspecified atom stereocenters. The lowest BCUT2D eigenvalue weighted by Crippen LogP contribution is -2.28. The SMILES string of the molecule is c1ccc(-c2ccc(Nc3ccc(-c4ccccc4)cc3)cc2)cc1.c1ccc(-c2ccc(Nc3ccc(-c4cccnc4)cc3)cc2)cc1.c1ccc(-c2ccc(Nc3ccc4c(c3)C(c3ccccc3)(c3ccccc3)c3ccccc3-4)cc2)cc1.c1ccc(-c2ccc(Nc3cccc4ccccc34)cc2)cc1.c1ccc(Nc2ccc(-c3cccc4ccccc34)cc2)cc1. The average molecular weight is 1720 g/mol. The van der Waals surface area contributed by atoms with Gasteiger partial charge >= 0.3 is 0 Å². The maximum absolute atomic E-state index is 4.17. The summed E-state index contributed by atoms with van der Waals surface area (Å²) in [6.07, 6.45) is 3.67. The highest BCUT2D eigenvalue weighted by Gasteiger charge is 2.46. The molecule has 6 heteroatoms. The van der Waals surface area contributed by atoms with Crippen molar-refractivity contribution in [3.63, 3.8) is 0 Å². The predicted molar refractivity (Wildman–Crippen MR) is 569 cm³/mol. The van der Waals surface area contributed by atoms with Crippen LogP contribution in [0.4, 0.5) is 56.9 Å². The van der Waals surface area contributed by atoms with E-state index in [2.05, 4.69) is 535 Å². The molecular formula is C128H98N6. The maximum atomic E-state index is 4.17. The summed E-state index contributed by atoms with van der Waals surface area (Å²) in [5.74, 6) is 0. The van der Waals surface area contributed by atoms with Crippen LogP contribution in [0.25, 0.3) is 111 Å². The molecule has 1 heterocycles. The first-order valence-electron chi connectivity index (χ1n) is 45.5. The van der Waals surface area contributed by atoms with Crippen LogP contribution in [0.1, 0.15) is 22.3 Å². The summed E-state index contributed by atoms with van der Waals surface area (Å²) in [6, 6.07) is 194. The topological polar surface area (TPSA) is 73.0 Å². The highest BCUT2D eigenvalue weighted by atomic mass is 14.9. The van der Waals surface area contributed by atoms with E-state index in [1.807, 2.05) is 54.7 Å². The molecule has 0 spiro atoms. The second kappa shape index (κ2) is 42.0. The quantitative estimate of drug-likeness (QED) is 0.0556. The minimum Gasteiger partial charge on any atom is -0.356 e. The molecule has 23 rings (SSSR count). The van der Waals surface area contributed by atoms with E-state index < -0.39 is 0 Å². The summed E-state index contributed by atoms with van der Waals surface area (Å²) < 4.78 is 0. The zero-order chi connectivity index (χ0) is 90.1. The number of nitrogens with zero attached hydrogens (tertiary/aromatic N) is 1. The third kappa shape index (κ3) is 20.7. The van der Waals surface area contributed by atoms with Gasteiger partial charge in [-0.05, 0) is 249 Å². The van der Waals surface area contributed by atoms with Gasteiger partial charge in [-0.3, -0.25) is 4.98 Å². The number of para-hydroxylation sites is 1. The van der Waals surface area contributed by atoms with Gasteiger partial charge in [-0.1, -0.05) is 431 Å². The lowest BCUT2D eigenvalue weighted by Gasteiger charge is -2.34. The molecule has 0 atom stereocenters. The number of anilines is 10. The predicted octanol–water partition coefficient (Wildman–Crippen LogP) is 34.9. The van der Waals surface area contributed by atoms with Crippen molar-refractivity contribution in [3.05, 3.63) is 587 Å². The van der Waals surface area contributed by atoms with E-state index in [-0.39, 0.29) is 5.41 Å². The van der Waals surface area contributed by atoms with E-state index in [1.165, 1.54) is 122 Å². The van der Waals surface area contributed by atoms with Crippen LogP contribution >= 0.6 is 0 Å². The molecule has 21 aromatic carbocycles. The van der Waals surface area contributed by atoms with Gasteiger partial charge in [-0.25, -0.2) is 0 Å². The maximum Gasteiger partial charge on any atom is 0.0714 e. The van der Waals surface area contributed by atoms with E-state index in [0.717, 1.165) is 68.0 Å². The second-order valence-corrected chi connectivity index (χ2v) is 32.9. The van der Waals surface area contributed by atoms with Gasteiger partial charge in [0.25, 0.3) is 0 Å². The lowest BCUT2D eigenvalue weighted by molar-refractivity contribution is 0.769. The third-order valence-corrected chi connectivity index (χ3v) is 24.3. The number of aromatic nitrogens is 1. The minimum absolute atomic E-state index is 0.386. The van der Waals surface area contributed by atoms with Gasteiger partial charge in [0.1, 0.15) is 0 Å². The number of hydrogen-bond acceptors (Lipinski definition) is 6. The van der Waals surface area contributed by atoms with Crippen molar-refractivity contribution < 1.29 is 0 Å². The largest absolute Gasteiger partial charge is 0.356 e. The summed E-state index contributed by atoms with van der Waals surface area (Å²) in [5.41, 5.74) is 35.4. The minimum atomic E-state index is -0.386. The van der Waals surface area contributed by atoms with Gasteiger partial charge in [0.15, 0.2) is 0 Å². The smallest absolute Gasteiger partial charge is 0.0714 e. The van der Waals surface area contributed by atoms with Crippen molar-refractivity contribution in [3.8, 4) is 89.0 Å². The highest BCUT2D eigenvalue weighted by Crippen LogP contribution is 2.57. The number of fused-ring (bicyclic) bond motifs is 5. The van der Waals surface area contributed by atoms with E-state index in [4.69, 9.17) is 0 Å². The molecule has 22 aromatic rings. The van der Waals surface area contributed by atoms with Crippen molar-refractivity contribution in [2.45, 2.75) is 5.41 Å². The third-order valence-electron chi connectivity index (χ3n) is 24.3. The van der Waals surface area contributed by atoms with Crippen LogP contribution < -0.4 is 26.6 Å². The Labute approximate surface area is 785 Å². The zero-order valence-corrected chi connectivity index (χ0v) is 74.1. The van der Waals surface area contributed by atoms with Gasteiger partial charge in [-0.15, -0.1) is 0 Å². The normalized spacial score (nSPS) is 11.2. The van der Waals surface area contributed by atoms with Crippen LogP contribution in [0.3, 0.4) is 0 Å². The number of hydrogen-bond donors (Lipinski definition) is 5. The van der Waals surface area contributed by atoms with E-state index >= 15 is 0 Å². The molecular weight excluding hydrogens is 1620 g/mol. The first kappa shape index (κ1) is 85.7. The fourth-order valence-corrected chi connectivity index (χ4v) is 17.6. The molecule has 640 valence electrons. The van der Waals surface area contributed by atoms with Gasteiger partial charge in [0.2, 0.25) is 0 Å². The molecule has 0 radical (unpaired) electrons. The van der Waals surface area contributed by atoms with Crippen LogP contribution in [0.15, 0.2) is 564 Å². The van der Waals surface area contributed by atoms with Crippen molar-refractivity contribution in [2.24, 2.45) is 0 Å². The fourth-order valence-electron chi connectivity index (χ4n) is 17.6. The molecule has 0 saturated carbocycles. The molecule has 0 fully saturated rings. The summed E-state index contributed by atoms with van der Waals surface area (Å²) in [7, 11) is 0. The van der Waals surface area contributed by atoms with Gasteiger partial charge < -0.3 is 26.6 Å². The number of benzene rings is 21. The van der Waals surface area contributed by atoms with Crippen LogP contribution in [-0.2, 0) is 5.41 Å². The first-order chi connectivity index (χ1) is 66.4. The molecule has 0 saturated heterocycles. The molecule has 1 aliphatic carbocycles. The molecule has 5 N–H and O–H groups in total. The van der Waals surface area contributed by atoms with Crippen LogP contribution in [0, 0.1) is 0 Å². The standard InChI is InChI=1S/C37H27N.C24H19N.C23H18N2.2C22H17N/c1-4-12-27(13-5-1)28-20-22-31(23-21-28)38-32-24-25-34-33-18-10-11-19-35(33)37(36(34)26-32,29-14-6-2-7-15-29)30-16-8-3-9-17-30;1-3-7-19(8-4-1)21-11-15-23(16-12-21)25-24-17-13-22(14-18-24)20-9-5-2-6-10-20;1-2-5-18(6-3-1)19-8-12-22(13-9-19)25-23-14-10-20(11-15-23)21-7-4-16-24-17-21;1-2-9-19(10-3-1)23-20-15-13-18(14-16-20)22-12-6-8-17-7-4-5-11-21(17)22;1-2-7-17(8-3-1)18-13-15-20(16-14-18)23-22-12-6-10-19-9-4-5-11-21(19)22/h1-26,38H;1-18,25H;1-17,25H;2*1-16,23H. The zero-order valence-electron chi connectivity index (χ0n) is 74.1. The fraction of sp³-hybridized carbons (Fsp3) is 0.00781. The number of nitrogens with one attached hydrogen (secondary N) is 5. The molecule has 0 bridgehead atoms. The van der Waals surface area contributed by atoms with Crippen molar-refractivity contribution in [1.29, 1.82) is 0 Å². The van der Waals surface area contributed by atoms with E-state index in [1.54, 1.807) is 6.20 Å².